The average Bonchev–Trinajstić information content (AvgIpc) is 3.05. The van der Waals surface area contributed by atoms with Crippen LogP contribution in [0.1, 0.15) is 37.3 Å². The highest BCUT2D eigenvalue weighted by Gasteiger charge is 2.26. The Kier molecular flexibility index (Phi) is 5.41. The third-order valence-electron chi connectivity index (χ3n) is 4.88. The van der Waals surface area contributed by atoms with Gasteiger partial charge in [-0.3, -0.25) is 0 Å². The van der Waals surface area contributed by atoms with Crippen LogP contribution in [0.2, 0.25) is 0 Å². The van der Waals surface area contributed by atoms with Crippen molar-refractivity contribution in [1.82, 2.24) is 4.90 Å². The van der Waals surface area contributed by atoms with E-state index in [9.17, 15) is 5.11 Å². The fraction of sp³-hybridized carbons (Fsp3) is 0.450. The number of nitrogens with zero attached hydrogens (tertiary/aromatic N) is 1. The third kappa shape index (κ3) is 3.65. The highest BCUT2D eigenvalue weighted by Crippen LogP contribution is 2.32. The van der Waals surface area contributed by atoms with E-state index in [0.29, 0.717) is 11.8 Å². The van der Waals surface area contributed by atoms with Gasteiger partial charge in [0.2, 0.25) is 0 Å². The molecular formula is C20H26NO. The molecule has 2 aliphatic rings. The zero-order chi connectivity index (χ0) is 15.4. The zero-order valence-corrected chi connectivity index (χ0v) is 13.5. The number of rotatable bonds is 6. The Morgan fingerprint density at radius 1 is 1.18 bits per heavy atom. The molecule has 0 amide bonds. The summed E-state index contributed by atoms with van der Waals surface area (Å²) in [5.74, 6) is 1.91. The quantitative estimate of drug-likeness (QED) is 0.864. The Labute approximate surface area is 135 Å². The molecule has 2 heteroatoms. The number of hydrogen-bond donors (Lipinski definition) is 1. The first-order chi connectivity index (χ1) is 10.8. The highest BCUT2D eigenvalue weighted by molar-refractivity contribution is 5.41. The van der Waals surface area contributed by atoms with Gasteiger partial charge in [-0.15, -0.1) is 0 Å². The minimum absolute atomic E-state index is 0.481. The van der Waals surface area contributed by atoms with E-state index in [2.05, 4.69) is 43.6 Å². The molecule has 0 aromatic heterocycles. The maximum atomic E-state index is 10.1. The molecule has 0 heterocycles. The Hall–Kier alpha value is -1.02. The largest absolute Gasteiger partial charge is 0.508 e. The molecule has 1 atom stereocenters. The molecule has 5 radical (unpaired) electrons. The molecule has 0 spiro atoms. The van der Waals surface area contributed by atoms with Crippen molar-refractivity contribution < 1.29 is 5.11 Å². The van der Waals surface area contributed by atoms with E-state index < -0.39 is 0 Å². The van der Waals surface area contributed by atoms with Gasteiger partial charge in [0.25, 0.3) is 0 Å². The van der Waals surface area contributed by atoms with Crippen molar-refractivity contribution in [2.45, 2.75) is 45.1 Å². The van der Waals surface area contributed by atoms with E-state index in [1.807, 2.05) is 12.1 Å². The summed E-state index contributed by atoms with van der Waals surface area (Å²) in [4.78, 5) is 2.63. The number of hydrogen-bond acceptors (Lipinski definition) is 2. The van der Waals surface area contributed by atoms with Crippen molar-refractivity contribution in [3.63, 3.8) is 0 Å². The molecule has 1 unspecified atom stereocenters. The second kappa shape index (κ2) is 7.50. The first kappa shape index (κ1) is 15.9. The molecule has 0 bridgehead atoms. The lowest BCUT2D eigenvalue weighted by molar-refractivity contribution is 0.179. The summed E-state index contributed by atoms with van der Waals surface area (Å²) in [5.41, 5.74) is 2.51. The molecular weight excluding hydrogens is 270 g/mol. The van der Waals surface area contributed by atoms with E-state index in [1.165, 1.54) is 29.9 Å². The average molecular weight is 296 g/mol. The number of fused-ring (bicyclic) bond motifs is 1. The van der Waals surface area contributed by atoms with Crippen LogP contribution in [0, 0.1) is 31.6 Å². The molecule has 117 valence electrons. The summed E-state index contributed by atoms with van der Waals surface area (Å²) >= 11 is 0. The van der Waals surface area contributed by atoms with Gasteiger partial charge in [0.15, 0.2) is 0 Å². The fourth-order valence-corrected chi connectivity index (χ4v) is 3.68. The van der Waals surface area contributed by atoms with Crippen LogP contribution in [0.3, 0.4) is 0 Å². The van der Waals surface area contributed by atoms with E-state index in [1.54, 1.807) is 0 Å². The van der Waals surface area contributed by atoms with E-state index in [0.717, 1.165) is 32.4 Å². The third-order valence-corrected chi connectivity index (χ3v) is 4.88. The smallest absolute Gasteiger partial charge is 0.119 e. The van der Waals surface area contributed by atoms with Crippen LogP contribution < -0.4 is 0 Å². The van der Waals surface area contributed by atoms with Gasteiger partial charge in [-0.25, -0.2) is 0 Å². The van der Waals surface area contributed by atoms with Crippen LogP contribution in [0.15, 0.2) is 18.2 Å². The van der Waals surface area contributed by atoms with Crippen molar-refractivity contribution in [3.8, 4) is 5.75 Å². The molecule has 1 aromatic carbocycles. The Balaban J connectivity index is 1.63. The number of phenolic OH excluding ortho intramolecular Hbond substituents is 1. The van der Waals surface area contributed by atoms with Crippen molar-refractivity contribution >= 4 is 0 Å². The van der Waals surface area contributed by atoms with Gasteiger partial charge < -0.3 is 10.0 Å². The molecule has 22 heavy (non-hydrogen) atoms. The fourth-order valence-electron chi connectivity index (χ4n) is 3.68. The van der Waals surface area contributed by atoms with Gasteiger partial charge >= 0.3 is 0 Å². The monoisotopic (exact) mass is 296 g/mol. The molecule has 2 nitrogen and oxygen atoms in total. The van der Waals surface area contributed by atoms with Crippen LogP contribution in [0.4, 0.5) is 0 Å². The Morgan fingerprint density at radius 3 is 2.77 bits per heavy atom. The first-order valence-corrected chi connectivity index (χ1v) is 8.52. The Morgan fingerprint density at radius 2 is 2.00 bits per heavy atom. The Bertz CT molecular complexity index is 479. The maximum Gasteiger partial charge on any atom is 0.119 e. The van der Waals surface area contributed by atoms with Gasteiger partial charge in [-0.2, -0.15) is 0 Å². The van der Waals surface area contributed by atoms with Gasteiger partial charge in [-0.05, 0) is 94.0 Å². The van der Waals surface area contributed by atoms with Gasteiger partial charge in [0, 0.05) is 6.04 Å². The minimum Gasteiger partial charge on any atom is -0.508 e. The second-order valence-electron chi connectivity index (χ2n) is 6.39. The summed E-state index contributed by atoms with van der Waals surface area (Å²) < 4.78 is 0. The lowest BCUT2D eigenvalue weighted by atomic mass is 9.86. The van der Waals surface area contributed by atoms with Crippen LogP contribution >= 0.6 is 0 Å². The predicted octanol–water partition coefficient (Wildman–Crippen LogP) is 3.76. The number of aromatic hydroxyl groups is 1. The number of aryl methyl sites for hydroxylation is 1. The summed E-state index contributed by atoms with van der Waals surface area (Å²) in [6.45, 7) is 4.52. The summed E-state index contributed by atoms with van der Waals surface area (Å²) in [6.07, 6.45) is 14.3. The zero-order valence-electron chi connectivity index (χ0n) is 13.5. The second-order valence-corrected chi connectivity index (χ2v) is 6.39. The normalized spacial score (nSPS) is 22.2. The molecule has 1 saturated carbocycles. The van der Waals surface area contributed by atoms with Crippen LogP contribution in [0.5, 0.6) is 5.75 Å². The lowest BCUT2D eigenvalue weighted by Gasteiger charge is -2.36. The molecule has 1 N–H and O–H groups in total. The summed E-state index contributed by atoms with van der Waals surface area (Å²) in [7, 11) is 0. The molecule has 2 aliphatic carbocycles. The summed E-state index contributed by atoms with van der Waals surface area (Å²) in [6, 6.07) is 6.53. The van der Waals surface area contributed by atoms with E-state index >= 15 is 0 Å². The predicted molar refractivity (Wildman–Crippen MR) is 90.8 cm³/mol. The molecule has 0 saturated heterocycles. The summed E-state index contributed by atoms with van der Waals surface area (Å²) in [5, 5.41) is 10.1. The molecule has 1 fully saturated rings. The lowest BCUT2D eigenvalue weighted by Crippen LogP contribution is -2.40. The maximum absolute atomic E-state index is 10.1. The van der Waals surface area contributed by atoms with Crippen molar-refractivity contribution in [2.75, 3.05) is 13.1 Å². The van der Waals surface area contributed by atoms with Crippen LogP contribution in [-0.2, 0) is 12.8 Å². The first-order valence-electron chi connectivity index (χ1n) is 8.52. The molecule has 3 rings (SSSR count). The number of benzene rings is 1. The molecule has 0 aliphatic heterocycles. The van der Waals surface area contributed by atoms with Crippen LogP contribution in [-0.4, -0.2) is 29.1 Å². The van der Waals surface area contributed by atoms with Gasteiger partial charge in [0.05, 0.1) is 0 Å². The number of phenols is 1. The minimum atomic E-state index is 0.481. The highest BCUT2D eigenvalue weighted by atomic mass is 16.3. The van der Waals surface area contributed by atoms with E-state index in [4.69, 9.17) is 0 Å². The van der Waals surface area contributed by atoms with Crippen molar-refractivity contribution in [3.05, 3.63) is 60.9 Å². The SMILES string of the molecule is CCCN(CC[C]1[CH][CH][CH][CH]1)C1CCc2cccc(O)c2C1. The van der Waals surface area contributed by atoms with Crippen molar-refractivity contribution in [2.24, 2.45) is 0 Å². The standard InChI is InChI=1S/C20H26NO/c1-2-13-21(14-12-16-6-3-4-7-16)18-11-10-17-8-5-9-20(22)19(17)15-18/h3-9,18,22H,2,10-15H2,1H3. The van der Waals surface area contributed by atoms with Crippen LogP contribution in [0.25, 0.3) is 0 Å². The topological polar surface area (TPSA) is 23.5 Å². The van der Waals surface area contributed by atoms with Crippen molar-refractivity contribution in [1.29, 1.82) is 0 Å². The molecule has 1 aromatic rings. The van der Waals surface area contributed by atoms with Gasteiger partial charge in [-0.1, -0.05) is 19.1 Å². The van der Waals surface area contributed by atoms with E-state index in [-0.39, 0.29) is 0 Å². The van der Waals surface area contributed by atoms with Gasteiger partial charge in [0.1, 0.15) is 5.75 Å².